The van der Waals surface area contributed by atoms with Gasteiger partial charge in [0.1, 0.15) is 5.82 Å². The van der Waals surface area contributed by atoms with Crippen LogP contribution >= 0.6 is 0 Å². The lowest BCUT2D eigenvalue weighted by molar-refractivity contribution is -0.133. The number of aryl methyl sites for hydroxylation is 1. The van der Waals surface area contributed by atoms with Gasteiger partial charge in [-0.1, -0.05) is 0 Å². The minimum absolute atomic E-state index is 0.208. The Kier molecular flexibility index (Phi) is 3.79. The third-order valence-corrected chi connectivity index (χ3v) is 3.43. The Labute approximate surface area is 110 Å². The second-order valence-electron chi connectivity index (χ2n) is 4.76. The van der Waals surface area contributed by atoms with Crippen LogP contribution in [-0.4, -0.2) is 16.9 Å². The number of carbonyl (C=O) groups excluding carboxylic acids is 1. The van der Waals surface area contributed by atoms with E-state index in [-0.39, 0.29) is 11.4 Å². The maximum absolute atomic E-state index is 13.0. The lowest BCUT2D eigenvalue weighted by Gasteiger charge is -2.17. The predicted octanol–water partition coefficient (Wildman–Crippen LogP) is 3.27. The molecule has 0 amide bonds. The molecule has 2 rings (SSSR count). The molecule has 0 aromatic heterocycles. The van der Waals surface area contributed by atoms with E-state index in [1.54, 1.807) is 6.92 Å². The molecular formula is C15H15FO3. The van der Waals surface area contributed by atoms with Gasteiger partial charge in [0.05, 0.1) is 0 Å². The highest BCUT2D eigenvalue weighted by molar-refractivity contribution is 6.13. The fourth-order valence-electron chi connectivity index (χ4n) is 2.44. The maximum Gasteiger partial charge on any atom is 0.331 e. The number of hydrogen-bond acceptors (Lipinski definition) is 2. The molecule has 0 radical (unpaired) electrons. The molecule has 1 N–H and O–H groups in total. The maximum atomic E-state index is 13.0. The zero-order valence-corrected chi connectivity index (χ0v) is 10.7. The van der Waals surface area contributed by atoms with E-state index < -0.39 is 11.8 Å². The summed E-state index contributed by atoms with van der Waals surface area (Å²) in [7, 11) is 0. The summed E-state index contributed by atoms with van der Waals surface area (Å²) in [5.41, 5.74) is 1.50. The first-order valence-corrected chi connectivity index (χ1v) is 6.27. The van der Waals surface area contributed by atoms with Crippen LogP contribution in [0.5, 0.6) is 0 Å². The van der Waals surface area contributed by atoms with Crippen LogP contribution in [0.3, 0.4) is 0 Å². The van der Waals surface area contributed by atoms with Crippen molar-refractivity contribution in [1.82, 2.24) is 0 Å². The Balaban J connectivity index is 2.45. The molecule has 0 aliphatic heterocycles. The molecule has 1 aromatic rings. The van der Waals surface area contributed by atoms with Gasteiger partial charge in [-0.3, -0.25) is 4.79 Å². The number of rotatable bonds is 3. The Morgan fingerprint density at radius 1 is 1.16 bits per heavy atom. The van der Waals surface area contributed by atoms with E-state index in [1.165, 1.54) is 18.2 Å². The summed E-state index contributed by atoms with van der Waals surface area (Å²) < 4.78 is 13.0. The normalized spacial score (nSPS) is 15.5. The highest BCUT2D eigenvalue weighted by Gasteiger charge is 2.25. The smallest absolute Gasteiger partial charge is 0.331 e. The van der Waals surface area contributed by atoms with Crippen LogP contribution in [-0.2, 0) is 4.79 Å². The van der Waals surface area contributed by atoms with Gasteiger partial charge in [0.2, 0.25) is 0 Å². The van der Waals surface area contributed by atoms with Crippen molar-refractivity contribution in [3.63, 3.8) is 0 Å². The van der Waals surface area contributed by atoms with Crippen molar-refractivity contribution >= 4 is 11.8 Å². The molecule has 1 aliphatic rings. The third-order valence-electron chi connectivity index (χ3n) is 3.43. The Hall–Kier alpha value is -1.97. The average molecular weight is 262 g/mol. The molecule has 0 fully saturated rings. The topological polar surface area (TPSA) is 54.4 Å². The van der Waals surface area contributed by atoms with Gasteiger partial charge in [-0.25, -0.2) is 9.18 Å². The number of halogens is 1. The Bertz CT molecular complexity index is 573. The van der Waals surface area contributed by atoms with Crippen LogP contribution in [0.15, 0.2) is 29.3 Å². The molecule has 0 saturated carbocycles. The van der Waals surface area contributed by atoms with Crippen molar-refractivity contribution in [3.05, 3.63) is 46.3 Å². The van der Waals surface area contributed by atoms with E-state index in [0.29, 0.717) is 29.5 Å². The van der Waals surface area contributed by atoms with Gasteiger partial charge in [-0.05, 0) is 56.4 Å². The van der Waals surface area contributed by atoms with Crippen molar-refractivity contribution in [1.29, 1.82) is 0 Å². The molecule has 0 spiro atoms. The molecule has 0 saturated heterocycles. The fraction of sp³-hybridized carbons (Fsp3) is 0.333. The van der Waals surface area contributed by atoms with Crippen LogP contribution in [0.25, 0.3) is 0 Å². The van der Waals surface area contributed by atoms with Crippen LogP contribution in [0, 0.1) is 12.7 Å². The number of carboxylic acid groups (broad SMARTS) is 1. The highest BCUT2D eigenvalue weighted by atomic mass is 19.1. The number of aliphatic carboxylic acids is 1. The van der Waals surface area contributed by atoms with Gasteiger partial charge >= 0.3 is 5.97 Å². The molecule has 4 heteroatoms. The monoisotopic (exact) mass is 262 g/mol. The first-order valence-electron chi connectivity index (χ1n) is 6.27. The van der Waals surface area contributed by atoms with Crippen LogP contribution in [0.2, 0.25) is 0 Å². The first-order chi connectivity index (χ1) is 9.00. The second kappa shape index (κ2) is 5.34. The number of allylic oxidation sites excluding steroid dienone is 1. The summed E-state index contributed by atoms with van der Waals surface area (Å²) in [4.78, 5) is 23.6. The van der Waals surface area contributed by atoms with Crippen molar-refractivity contribution < 1.29 is 19.1 Å². The number of carbonyl (C=O) groups is 2. The standard InChI is InChI=1S/C15H15FO3/c1-9-8-10(16)6-7-11(9)14(17)12-4-2-3-5-13(12)15(18)19/h6-8H,2-5H2,1H3,(H,18,19). The number of Topliss-reactive ketones (excluding diaryl/α,β-unsaturated/α-hetero) is 1. The second-order valence-corrected chi connectivity index (χ2v) is 4.76. The van der Waals surface area contributed by atoms with Crippen LogP contribution in [0.1, 0.15) is 41.6 Å². The van der Waals surface area contributed by atoms with Gasteiger partial charge in [0.25, 0.3) is 0 Å². The van der Waals surface area contributed by atoms with Crippen molar-refractivity contribution in [2.75, 3.05) is 0 Å². The molecule has 0 atom stereocenters. The number of benzene rings is 1. The van der Waals surface area contributed by atoms with E-state index in [9.17, 15) is 14.0 Å². The van der Waals surface area contributed by atoms with Gasteiger partial charge < -0.3 is 5.11 Å². The van der Waals surface area contributed by atoms with E-state index in [2.05, 4.69) is 0 Å². The summed E-state index contributed by atoms with van der Waals surface area (Å²) in [6.07, 6.45) is 2.52. The summed E-state index contributed by atoms with van der Waals surface area (Å²) in [5, 5.41) is 9.15. The molecule has 100 valence electrons. The molecule has 0 unspecified atom stereocenters. The van der Waals surface area contributed by atoms with E-state index in [1.807, 2.05) is 0 Å². The molecule has 19 heavy (non-hydrogen) atoms. The SMILES string of the molecule is Cc1cc(F)ccc1C(=O)C1=C(C(=O)O)CCCC1. The van der Waals surface area contributed by atoms with Crippen LogP contribution in [0.4, 0.5) is 4.39 Å². The largest absolute Gasteiger partial charge is 0.478 e. The zero-order chi connectivity index (χ0) is 14.0. The summed E-state index contributed by atoms with van der Waals surface area (Å²) in [6, 6.07) is 3.94. The molecular weight excluding hydrogens is 247 g/mol. The quantitative estimate of drug-likeness (QED) is 0.850. The van der Waals surface area contributed by atoms with Gasteiger partial charge in [0, 0.05) is 16.7 Å². The molecule has 3 nitrogen and oxygen atoms in total. The van der Waals surface area contributed by atoms with Crippen molar-refractivity contribution in [2.45, 2.75) is 32.6 Å². The van der Waals surface area contributed by atoms with Crippen LogP contribution < -0.4 is 0 Å². The van der Waals surface area contributed by atoms with E-state index in [0.717, 1.165) is 12.8 Å². The third kappa shape index (κ3) is 2.72. The first kappa shape index (κ1) is 13.5. The lowest BCUT2D eigenvalue weighted by Crippen LogP contribution is -2.16. The minimum Gasteiger partial charge on any atom is -0.478 e. The number of hydrogen-bond donors (Lipinski definition) is 1. The predicted molar refractivity (Wildman–Crippen MR) is 68.6 cm³/mol. The minimum atomic E-state index is -1.03. The van der Waals surface area contributed by atoms with E-state index in [4.69, 9.17) is 5.11 Å². The van der Waals surface area contributed by atoms with Gasteiger partial charge in [0.15, 0.2) is 5.78 Å². The van der Waals surface area contributed by atoms with E-state index >= 15 is 0 Å². The summed E-state index contributed by atoms with van der Waals surface area (Å²) in [6.45, 7) is 1.65. The molecule has 1 aliphatic carbocycles. The highest BCUT2D eigenvalue weighted by Crippen LogP contribution is 2.28. The lowest BCUT2D eigenvalue weighted by atomic mass is 9.86. The summed E-state index contributed by atoms with van der Waals surface area (Å²) >= 11 is 0. The Morgan fingerprint density at radius 2 is 1.79 bits per heavy atom. The fourth-order valence-corrected chi connectivity index (χ4v) is 2.44. The molecule has 1 aromatic carbocycles. The van der Waals surface area contributed by atoms with Crippen molar-refractivity contribution in [2.24, 2.45) is 0 Å². The Morgan fingerprint density at radius 3 is 2.37 bits per heavy atom. The summed E-state index contributed by atoms with van der Waals surface area (Å²) in [5.74, 6) is -1.71. The number of ketones is 1. The average Bonchev–Trinajstić information content (AvgIpc) is 2.38. The van der Waals surface area contributed by atoms with Gasteiger partial charge in [-0.2, -0.15) is 0 Å². The molecule has 0 heterocycles. The zero-order valence-electron chi connectivity index (χ0n) is 10.7. The number of carboxylic acids is 1. The van der Waals surface area contributed by atoms with Gasteiger partial charge in [-0.15, -0.1) is 0 Å². The van der Waals surface area contributed by atoms with Crippen molar-refractivity contribution in [3.8, 4) is 0 Å². The molecule has 0 bridgehead atoms.